The van der Waals surface area contributed by atoms with Gasteiger partial charge in [0.05, 0.1) is 36.3 Å². The van der Waals surface area contributed by atoms with Gasteiger partial charge >= 0.3 is 29.8 Å². The minimum absolute atomic E-state index is 0.000484. The van der Waals surface area contributed by atoms with Crippen molar-refractivity contribution in [3.05, 3.63) is 324 Å². The van der Waals surface area contributed by atoms with Crippen LogP contribution < -0.4 is 28.7 Å². The second kappa shape index (κ2) is 34.4. The van der Waals surface area contributed by atoms with Crippen LogP contribution in [0.25, 0.3) is 57.3 Å². The third-order valence-corrected chi connectivity index (χ3v) is 20.1. The molecular weight excluding hydrogens is 1650 g/mol. The van der Waals surface area contributed by atoms with Crippen LogP contribution in [0.3, 0.4) is 0 Å². The lowest BCUT2D eigenvalue weighted by Crippen LogP contribution is -2.08. The summed E-state index contributed by atoms with van der Waals surface area (Å²) < 4.78 is 107. The Hall–Kier alpha value is -15.2. The fourth-order valence-corrected chi connectivity index (χ4v) is 14.4. The molecule has 5 aromatic carbocycles. The number of benzene rings is 5. The summed E-state index contributed by atoms with van der Waals surface area (Å²) in [7, 11) is 0. The normalized spacial score (nSPS) is 16.0. The number of anilines is 5. The Bertz CT molecular complexity index is 6350. The molecule has 0 radical (unpaired) electrons. The van der Waals surface area contributed by atoms with Crippen molar-refractivity contribution in [3.8, 4) is 57.3 Å². The zero-order chi connectivity index (χ0) is 85.1. The Morgan fingerprint density at radius 3 is 0.910 bits per heavy atom. The highest BCUT2D eigenvalue weighted by molar-refractivity contribution is 6.31. The van der Waals surface area contributed by atoms with Crippen molar-refractivity contribution in [3.63, 3.8) is 0 Å². The van der Waals surface area contributed by atoms with E-state index < -0.39 is 83.6 Å². The van der Waals surface area contributed by atoms with E-state index in [9.17, 15) is 41.5 Å². The lowest BCUT2D eigenvalue weighted by atomic mass is 10.0. The second-order valence-corrected chi connectivity index (χ2v) is 28.4. The first kappa shape index (κ1) is 80.6. The molecule has 612 valence electrons. The summed E-state index contributed by atoms with van der Waals surface area (Å²) in [6, 6.07) is 45.5. The molecule has 4 unspecified atom stereocenters. The highest BCUT2D eigenvalue weighted by Crippen LogP contribution is 2.44. The maximum absolute atomic E-state index is 13.9. The Morgan fingerprint density at radius 2 is 0.590 bits per heavy atom. The maximum Gasteiger partial charge on any atom is 0.343 e. The molecule has 0 saturated carbocycles. The van der Waals surface area contributed by atoms with Gasteiger partial charge in [-0.15, -0.1) is 0 Å². The van der Waals surface area contributed by atoms with E-state index >= 15 is 0 Å². The average Bonchev–Trinajstić information content (AvgIpc) is 1.64. The molecule has 10 aromatic heterocycles. The lowest BCUT2D eigenvalue weighted by molar-refractivity contribution is 0.0372. The van der Waals surface area contributed by atoms with E-state index in [4.69, 9.17) is 109 Å². The number of nitrogens with two attached hydrogens (primary N) is 5. The van der Waals surface area contributed by atoms with Crippen LogP contribution in [0, 0.1) is 23.3 Å². The van der Waals surface area contributed by atoms with Crippen molar-refractivity contribution < 1.29 is 87.3 Å². The topological polar surface area (TPSA) is 456 Å². The van der Waals surface area contributed by atoms with Gasteiger partial charge in [-0.2, -0.15) is 0 Å². The number of furan rings is 5. The number of aromatic nitrogens is 10. The fraction of sp³-hybridized carbons (Fsp3) is 0.118. The van der Waals surface area contributed by atoms with E-state index in [-0.39, 0.29) is 104 Å². The Morgan fingerprint density at radius 1 is 0.287 bits per heavy atom. The standard InChI is InChI=1S/2C17H11ClFN3O3.C17H12ClN3O3.C17H11F2N3O3.C17H13N3O3/c18-10-7-9(19)4-3-8(10)6-12-15-13(16(23)25-12)14(21-17(20)22-15)11-2-1-5-24-11;18-9-6-8(3-4-10(9)19)7-12-15-13(16(23)25-12)14(21-17(20)22-15)11-2-1-5-24-11;18-10-5-3-9(4-6-10)8-12-15-13(16(22)24-12)14(20-17(19)21-15)11-2-1-7-23-11;18-9-4-3-8(10(19)7-9)6-12-15-13(16(23)25-12)14(21-17(20)22-15)11-2-1-5-24-11;18-17-19-14(11-7-4-8-22-11)13-15(20-17)12(23-16(13)21)9-10-5-2-1-3-6-10/h1-5,7,12H,6H2,(H2,20,21,22);1-6,12H,7H2,(H2,20,21,22);1-7,12H,8H2,(H2,19,20,21);1-5,7,12H,6H2,(H2,20,21,22);1-8,12H,9H2,(H2,18,19,20)/t;;;;12-/m....1/s1. The molecule has 5 aliphatic rings. The van der Waals surface area contributed by atoms with Gasteiger partial charge in [0, 0.05) is 48.2 Å². The lowest BCUT2D eigenvalue weighted by Gasteiger charge is -2.11. The van der Waals surface area contributed by atoms with Gasteiger partial charge in [-0.25, -0.2) is 91.4 Å². The predicted octanol–water partition coefficient (Wildman–Crippen LogP) is 16.4. The highest BCUT2D eigenvalue weighted by atomic mass is 35.5. The third-order valence-electron chi connectivity index (χ3n) is 19.2. The molecule has 0 spiro atoms. The Kier molecular flexibility index (Phi) is 22.7. The van der Waals surface area contributed by atoms with Crippen molar-refractivity contribution in [2.75, 3.05) is 28.7 Å². The van der Waals surface area contributed by atoms with Crippen molar-refractivity contribution in [2.45, 2.75) is 62.6 Å². The van der Waals surface area contributed by atoms with Crippen LogP contribution in [-0.4, -0.2) is 79.7 Å². The summed E-state index contributed by atoms with van der Waals surface area (Å²) in [6.07, 6.45) is 5.74. The van der Waals surface area contributed by atoms with Crippen molar-refractivity contribution in [1.29, 1.82) is 0 Å². The zero-order valence-corrected chi connectivity index (χ0v) is 64.9. The van der Waals surface area contributed by atoms with Crippen LogP contribution in [0.1, 0.15) is 139 Å². The number of carbonyl (C=O) groups is 5. The van der Waals surface area contributed by atoms with Crippen LogP contribution in [0.5, 0.6) is 0 Å². The van der Waals surface area contributed by atoms with Crippen molar-refractivity contribution >= 4 is 94.4 Å². The summed E-state index contributed by atoms with van der Waals surface area (Å²) >= 11 is 17.8. The van der Waals surface area contributed by atoms with Crippen LogP contribution in [-0.2, 0) is 55.8 Å². The average molecular weight is 1710 g/mol. The smallest absolute Gasteiger partial charge is 0.343 e. The van der Waals surface area contributed by atoms with E-state index in [1.807, 2.05) is 42.5 Å². The van der Waals surface area contributed by atoms with E-state index in [1.165, 1.54) is 61.6 Å². The number of nitrogen functional groups attached to an aromatic ring is 5. The number of rotatable bonds is 15. The van der Waals surface area contributed by atoms with Gasteiger partial charge in [0.2, 0.25) is 29.7 Å². The van der Waals surface area contributed by atoms with E-state index in [0.29, 0.717) is 103 Å². The number of cyclic esters (lactones) is 5. The fourth-order valence-electron chi connectivity index (χ4n) is 13.8. The van der Waals surface area contributed by atoms with Crippen LogP contribution in [0.4, 0.5) is 47.3 Å². The van der Waals surface area contributed by atoms with Crippen molar-refractivity contribution in [2.24, 2.45) is 0 Å². The molecule has 0 fully saturated rings. The van der Waals surface area contributed by atoms with E-state index in [0.717, 1.165) is 23.3 Å². The summed E-state index contributed by atoms with van der Waals surface area (Å²) in [6.45, 7) is 0. The van der Waals surface area contributed by atoms with Crippen LogP contribution in [0.2, 0.25) is 15.1 Å². The van der Waals surface area contributed by atoms with E-state index in [2.05, 4.69) is 49.8 Å². The molecule has 122 heavy (non-hydrogen) atoms. The van der Waals surface area contributed by atoms with Gasteiger partial charge in [-0.3, -0.25) is 0 Å². The second-order valence-electron chi connectivity index (χ2n) is 27.2. The first-order valence-corrected chi connectivity index (χ1v) is 37.8. The monoisotopic (exact) mass is 1710 g/mol. The van der Waals surface area contributed by atoms with Crippen molar-refractivity contribution in [1.82, 2.24) is 49.8 Å². The molecule has 5 aliphatic heterocycles. The van der Waals surface area contributed by atoms with Crippen LogP contribution in [0.15, 0.2) is 223 Å². The molecule has 5 atom stereocenters. The molecule has 15 heterocycles. The molecule has 0 amide bonds. The van der Waals surface area contributed by atoms with E-state index in [1.54, 1.807) is 84.9 Å². The van der Waals surface area contributed by atoms with Crippen LogP contribution >= 0.6 is 34.8 Å². The SMILES string of the molecule is Nc1nc(-c2ccco2)c2c(n1)C(Cc1ccc(Cl)cc1)OC2=O.Nc1nc(-c2ccco2)c2c(n1)C(Cc1ccc(F)c(Cl)c1)OC2=O.Nc1nc(-c2ccco2)c2c(n1)C(Cc1ccc(F)cc1Cl)OC2=O.Nc1nc(-c2ccco2)c2c(n1)C(Cc1ccc(F)cc1F)OC2=O.Nc1nc(-c2ccco2)c2c(n1)[C@@H](Cc1ccccc1)OC2=O. The first-order valence-electron chi connectivity index (χ1n) is 36.6. The predicted molar refractivity (Wildman–Crippen MR) is 427 cm³/mol. The maximum atomic E-state index is 13.9. The molecule has 10 N–H and O–H groups in total. The number of hydrogen-bond donors (Lipinski definition) is 5. The highest BCUT2D eigenvalue weighted by Gasteiger charge is 2.43. The Labute approximate surface area is 700 Å². The first-order chi connectivity index (χ1) is 58.9. The number of nitrogens with zero attached hydrogens (tertiary/aromatic N) is 10. The molecule has 0 saturated heterocycles. The summed E-state index contributed by atoms with van der Waals surface area (Å²) in [5.74, 6) is -2.91. The van der Waals surface area contributed by atoms with Gasteiger partial charge in [-0.1, -0.05) is 95.5 Å². The minimum atomic E-state index is -0.846. The quantitative estimate of drug-likeness (QED) is 0.0361. The summed E-state index contributed by atoms with van der Waals surface area (Å²) in [5, 5.41) is 0.896. The molecule has 20 rings (SSSR count). The number of halogens is 7. The minimum Gasteiger partial charge on any atom is -0.463 e. The third kappa shape index (κ3) is 17.1. The molecule has 37 heteroatoms. The van der Waals surface area contributed by atoms with Gasteiger partial charge in [0.15, 0.2) is 28.8 Å². The van der Waals surface area contributed by atoms with Gasteiger partial charge in [0.25, 0.3) is 0 Å². The number of hydrogen-bond acceptors (Lipinski definition) is 30. The van der Waals surface area contributed by atoms with Gasteiger partial charge in [0.1, 0.15) is 139 Å². The summed E-state index contributed by atoms with van der Waals surface area (Å²) in [4.78, 5) is 103. The largest absolute Gasteiger partial charge is 0.463 e. The number of ether oxygens (including phenoxy) is 5. The van der Waals surface area contributed by atoms with Gasteiger partial charge < -0.3 is 74.4 Å². The summed E-state index contributed by atoms with van der Waals surface area (Å²) in [5.41, 5.74) is 37.2. The molecule has 30 nitrogen and oxygen atoms in total. The Balaban J connectivity index is 0.000000113. The number of fused-ring (bicyclic) bond motifs is 5. The molecule has 15 aromatic rings. The number of carbonyl (C=O) groups excluding carboxylic acids is 5. The molecule has 0 bridgehead atoms. The van der Waals surface area contributed by atoms with Gasteiger partial charge in [-0.05, 0) is 131 Å². The molecular formula is C85H58Cl3F4N15O15. The zero-order valence-electron chi connectivity index (χ0n) is 62.6. The molecule has 0 aliphatic carbocycles. The number of esters is 5.